The third kappa shape index (κ3) is 1.85. The molecule has 0 radical (unpaired) electrons. The maximum Gasteiger partial charge on any atom is 0.325 e. The molecule has 6 heteroatoms. The number of carboxylic acid groups (broad SMARTS) is 1. The molecule has 0 aliphatic heterocycles. The van der Waals surface area contributed by atoms with Crippen LogP contribution in [0, 0.1) is 0 Å². The fourth-order valence-corrected chi connectivity index (χ4v) is 2.49. The van der Waals surface area contributed by atoms with Crippen molar-refractivity contribution in [2.24, 2.45) is 0 Å². The molecule has 0 saturated heterocycles. The van der Waals surface area contributed by atoms with Crippen molar-refractivity contribution in [3.05, 3.63) is 41.2 Å². The van der Waals surface area contributed by atoms with Gasteiger partial charge < -0.3 is 5.11 Å². The number of aliphatic carboxylic acids is 1. The van der Waals surface area contributed by atoms with Crippen LogP contribution in [0.4, 0.5) is 0 Å². The Balaban J connectivity index is 1.86. The summed E-state index contributed by atoms with van der Waals surface area (Å²) in [6.07, 6.45) is 1.74. The van der Waals surface area contributed by atoms with Crippen LogP contribution >= 0.6 is 0 Å². The number of benzene rings is 1. The minimum atomic E-state index is -0.931. The summed E-state index contributed by atoms with van der Waals surface area (Å²) < 4.78 is 1.37. The molecule has 92 valence electrons. The maximum atomic E-state index is 10.7. The summed E-state index contributed by atoms with van der Waals surface area (Å²) in [5, 5.41) is 20.1. The number of carbonyl (C=O) groups is 1. The third-order valence-corrected chi connectivity index (χ3v) is 3.26. The van der Waals surface area contributed by atoms with Crippen molar-refractivity contribution in [3.63, 3.8) is 0 Å². The minimum Gasteiger partial charge on any atom is -0.480 e. The first kappa shape index (κ1) is 10.9. The summed E-state index contributed by atoms with van der Waals surface area (Å²) in [5.74, 6) is -0.0931. The Labute approximate surface area is 103 Å². The molecule has 0 fully saturated rings. The highest BCUT2D eigenvalue weighted by atomic mass is 16.4. The van der Waals surface area contributed by atoms with Crippen molar-refractivity contribution >= 4 is 5.97 Å². The standard InChI is InChI=1S/C12H12N4O2/c17-11(18)7-16-12(13-14-15-16)10-5-8-3-1-2-4-9(8)6-10/h1-4,10H,5-7H2,(H,17,18). The van der Waals surface area contributed by atoms with Crippen LogP contribution in [0.1, 0.15) is 22.9 Å². The van der Waals surface area contributed by atoms with E-state index in [-0.39, 0.29) is 12.5 Å². The smallest absolute Gasteiger partial charge is 0.325 e. The lowest BCUT2D eigenvalue weighted by molar-refractivity contribution is -0.138. The normalized spacial score (nSPS) is 14.7. The first-order valence-electron chi connectivity index (χ1n) is 5.78. The summed E-state index contributed by atoms with van der Waals surface area (Å²) >= 11 is 0. The number of tetrazole rings is 1. The summed E-state index contributed by atoms with van der Waals surface area (Å²) in [6.45, 7) is -0.185. The SMILES string of the molecule is O=C(O)Cn1nnnc1C1Cc2ccccc2C1. The lowest BCUT2D eigenvalue weighted by atomic mass is 10.1. The van der Waals surface area contributed by atoms with Gasteiger partial charge >= 0.3 is 5.97 Å². The first-order chi connectivity index (χ1) is 8.74. The van der Waals surface area contributed by atoms with E-state index in [1.165, 1.54) is 15.8 Å². The van der Waals surface area contributed by atoms with Gasteiger partial charge in [-0.25, -0.2) is 4.68 Å². The van der Waals surface area contributed by atoms with E-state index in [0.29, 0.717) is 5.82 Å². The Hall–Kier alpha value is -2.24. The van der Waals surface area contributed by atoms with Crippen LogP contribution in [-0.2, 0) is 24.2 Å². The number of nitrogens with zero attached hydrogens (tertiary/aromatic N) is 4. The fraction of sp³-hybridized carbons (Fsp3) is 0.333. The molecular formula is C12H12N4O2. The number of hydrogen-bond donors (Lipinski definition) is 1. The molecule has 18 heavy (non-hydrogen) atoms. The topological polar surface area (TPSA) is 80.9 Å². The van der Waals surface area contributed by atoms with Crippen molar-refractivity contribution in [2.75, 3.05) is 0 Å². The van der Waals surface area contributed by atoms with Crippen LogP contribution in [0.15, 0.2) is 24.3 Å². The van der Waals surface area contributed by atoms with Crippen LogP contribution in [0.5, 0.6) is 0 Å². The summed E-state index contributed by atoms with van der Waals surface area (Å²) in [5.41, 5.74) is 2.60. The zero-order valence-electron chi connectivity index (χ0n) is 9.65. The van der Waals surface area contributed by atoms with E-state index in [9.17, 15) is 4.79 Å². The van der Waals surface area contributed by atoms with Gasteiger partial charge in [0.15, 0.2) is 5.82 Å². The highest BCUT2D eigenvalue weighted by Crippen LogP contribution is 2.32. The summed E-state index contributed by atoms with van der Waals surface area (Å²) in [4.78, 5) is 10.7. The molecule has 1 aromatic carbocycles. The van der Waals surface area contributed by atoms with Crippen molar-refractivity contribution in [2.45, 2.75) is 25.3 Å². The second kappa shape index (κ2) is 4.21. The van der Waals surface area contributed by atoms with E-state index in [1.54, 1.807) is 0 Å². The van der Waals surface area contributed by atoms with Gasteiger partial charge in [0.05, 0.1) is 0 Å². The molecule has 0 spiro atoms. The van der Waals surface area contributed by atoms with Gasteiger partial charge in [0.25, 0.3) is 0 Å². The maximum absolute atomic E-state index is 10.7. The molecule has 0 saturated carbocycles. The van der Waals surface area contributed by atoms with Gasteiger partial charge in [0.2, 0.25) is 0 Å². The highest BCUT2D eigenvalue weighted by Gasteiger charge is 2.27. The Morgan fingerprint density at radius 1 is 1.33 bits per heavy atom. The molecule has 0 atom stereocenters. The van der Waals surface area contributed by atoms with Gasteiger partial charge in [0.1, 0.15) is 6.54 Å². The number of rotatable bonds is 3. The van der Waals surface area contributed by atoms with Gasteiger partial charge in [-0.15, -0.1) is 5.10 Å². The quantitative estimate of drug-likeness (QED) is 0.856. The van der Waals surface area contributed by atoms with Gasteiger partial charge in [-0.05, 0) is 34.4 Å². The van der Waals surface area contributed by atoms with Crippen molar-refractivity contribution in [1.82, 2.24) is 20.2 Å². The fourth-order valence-electron chi connectivity index (χ4n) is 2.49. The zero-order chi connectivity index (χ0) is 12.5. The molecule has 0 amide bonds. The monoisotopic (exact) mass is 244 g/mol. The van der Waals surface area contributed by atoms with Crippen LogP contribution in [0.25, 0.3) is 0 Å². The van der Waals surface area contributed by atoms with E-state index in [1.807, 2.05) is 12.1 Å². The number of carboxylic acids is 1. The van der Waals surface area contributed by atoms with Crippen molar-refractivity contribution in [1.29, 1.82) is 0 Å². The average Bonchev–Trinajstić information content (AvgIpc) is 2.93. The zero-order valence-corrected chi connectivity index (χ0v) is 9.65. The van der Waals surface area contributed by atoms with E-state index < -0.39 is 5.97 Å². The molecule has 1 aromatic heterocycles. The molecule has 0 bridgehead atoms. The number of fused-ring (bicyclic) bond motifs is 1. The minimum absolute atomic E-state index is 0.178. The van der Waals surface area contributed by atoms with Crippen LogP contribution in [-0.4, -0.2) is 31.3 Å². The largest absolute Gasteiger partial charge is 0.480 e. The second-order valence-electron chi connectivity index (χ2n) is 4.46. The van der Waals surface area contributed by atoms with Crippen LogP contribution in [0.3, 0.4) is 0 Å². The van der Waals surface area contributed by atoms with Crippen LogP contribution in [0.2, 0.25) is 0 Å². The third-order valence-electron chi connectivity index (χ3n) is 3.26. The molecule has 1 aliphatic rings. The Bertz CT molecular complexity index is 568. The van der Waals surface area contributed by atoms with E-state index in [0.717, 1.165) is 12.8 Å². The van der Waals surface area contributed by atoms with Gasteiger partial charge in [-0.1, -0.05) is 24.3 Å². The van der Waals surface area contributed by atoms with Crippen molar-refractivity contribution < 1.29 is 9.90 Å². The van der Waals surface area contributed by atoms with Crippen molar-refractivity contribution in [3.8, 4) is 0 Å². The lowest BCUT2D eigenvalue weighted by Crippen LogP contribution is -2.16. The molecule has 6 nitrogen and oxygen atoms in total. The predicted molar refractivity (Wildman–Crippen MR) is 62.0 cm³/mol. The van der Waals surface area contributed by atoms with Gasteiger partial charge in [0, 0.05) is 5.92 Å². The number of aromatic nitrogens is 4. The van der Waals surface area contributed by atoms with Gasteiger partial charge in [-0.2, -0.15) is 0 Å². The van der Waals surface area contributed by atoms with E-state index >= 15 is 0 Å². The lowest BCUT2D eigenvalue weighted by Gasteiger charge is -2.07. The molecule has 3 rings (SSSR count). The average molecular weight is 244 g/mol. The van der Waals surface area contributed by atoms with E-state index in [2.05, 4.69) is 27.7 Å². The summed E-state index contributed by atoms with van der Waals surface area (Å²) in [6, 6.07) is 8.23. The second-order valence-corrected chi connectivity index (χ2v) is 4.46. The Morgan fingerprint density at radius 2 is 2.00 bits per heavy atom. The molecule has 1 heterocycles. The van der Waals surface area contributed by atoms with E-state index in [4.69, 9.17) is 5.11 Å². The predicted octanol–water partition coefficient (Wildman–Crippen LogP) is 0.640. The molecule has 1 N–H and O–H groups in total. The highest BCUT2D eigenvalue weighted by molar-refractivity contribution is 5.66. The first-order valence-corrected chi connectivity index (χ1v) is 5.78. The Kier molecular flexibility index (Phi) is 2.55. The Morgan fingerprint density at radius 3 is 2.61 bits per heavy atom. The molecule has 0 unspecified atom stereocenters. The van der Waals surface area contributed by atoms with Crippen LogP contribution < -0.4 is 0 Å². The molecule has 2 aromatic rings. The molecular weight excluding hydrogens is 232 g/mol. The molecule has 1 aliphatic carbocycles. The summed E-state index contributed by atoms with van der Waals surface area (Å²) in [7, 11) is 0. The number of hydrogen-bond acceptors (Lipinski definition) is 4. The van der Waals surface area contributed by atoms with Gasteiger partial charge in [-0.3, -0.25) is 4.79 Å².